The maximum atomic E-state index is 12.6. The molecule has 148 valence electrons. The average molecular weight is 452 g/mol. The quantitative estimate of drug-likeness (QED) is 0.384. The van der Waals surface area contributed by atoms with Crippen molar-refractivity contribution in [3.8, 4) is 11.4 Å². The minimum atomic E-state index is -1.50. The van der Waals surface area contributed by atoms with Gasteiger partial charge in [0, 0.05) is 0 Å². The average Bonchev–Trinajstić information content (AvgIpc) is 3.06. The summed E-state index contributed by atoms with van der Waals surface area (Å²) in [5.41, 5.74) is 0.681. The summed E-state index contributed by atoms with van der Waals surface area (Å²) in [5.74, 6) is 0.352. The molecule has 0 saturated carbocycles. The second-order valence-corrected chi connectivity index (χ2v) is 8.57. The van der Waals surface area contributed by atoms with Crippen molar-refractivity contribution >= 4 is 24.4 Å². The second-order valence-electron chi connectivity index (χ2n) is 6.50. The molecule has 1 aliphatic heterocycles. The molecule has 5 atom stereocenters. The normalized spacial score (nSPS) is 27.8. The van der Waals surface area contributed by atoms with Crippen molar-refractivity contribution in [3.63, 3.8) is 0 Å². The number of hydrogen-bond acceptors (Lipinski definition) is 7. The molecule has 1 saturated heterocycles. The van der Waals surface area contributed by atoms with Gasteiger partial charge in [-0.25, -0.2) is 0 Å². The topological polar surface area (TPSA) is 121 Å². The van der Waals surface area contributed by atoms with E-state index in [-0.39, 0.29) is 20.3 Å². The Labute approximate surface area is 165 Å². The van der Waals surface area contributed by atoms with Crippen molar-refractivity contribution in [2.24, 2.45) is 0 Å². The van der Waals surface area contributed by atoms with Crippen molar-refractivity contribution in [3.05, 3.63) is 58.9 Å². The first-order chi connectivity index (χ1) is 13.5. The molecule has 28 heavy (non-hydrogen) atoms. The van der Waals surface area contributed by atoms with Crippen LogP contribution in [0.3, 0.4) is 0 Å². The van der Waals surface area contributed by atoms with E-state index in [1.165, 1.54) is 0 Å². The third kappa shape index (κ3) is 3.42. The first-order valence-electron chi connectivity index (χ1n) is 8.68. The van der Waals surface area contributed by atoms with Gasteiger partial charge < -0.3 is 0 Å². The third-order valence-electron chi connectivity index (χ3n) is 4.66. The second kappa shape index (κ2) is 7.81. The SMILES string of the molecule is O=c1c2ccccc2[se]n1-c1ccc(O[C@@H]2O[C@H](CO)[C@@H](O)[C@H](O)[C@H]2O)cc1. The van der Waals surface area contributed by atoms with Crippen molar-refractivity contribution in [2.45, 2.75) is 30.7 Å². The molecule has 9 heteroatoms. The van der Waals surface area contributed by atoms with Crippen LogP contribution in [0.25, 0.3) is 15.3 Å². The molecule has 0 amide bonds. The summed E-state index contributed by atoms with van der Waals surface area (Å²) in [4.78, 5) is 12.6. The molecule has 0 aliphatic carbocycles. The van der Waals surface area contributed by atoms with Crippen LogP contribution in [0.15, 0.2) is 53.3 Å². The molecule has 1 aromatic heterocycles. The van der Waals surface area contributed by atoms with Gasteiger partial charge in [-0.2, -0.15) is 0 Å². The van der Waals surface area contributed by atoms with Crippen LogP contribution < -0.4 is 10.3 Å². The Kier molecular flexibility index (Phi) is 5.39. The monoisotopic (exact) mass is 453 g/mol. The van der Waals surface area contributed by atoms with Crippen LogP contribution in [0.4, 0.5) is 0 Å². The molecule has 4 rings (SSSR count). The van der Waals surface area contributed by atoms with E-state index < -0.39 is 37.3 Å². The van der Waals surface area contributed by atoms with E-state index in [1.54, 1.807) is 27.8 Å². The first-order valence-corrected chi connectivity index (χ1v) is 10.3. The van der Waals surface area contributed by atoms with E-state index in [9.17, 15) is 25.2 Å². The Morgan fingerprint density at radius 1 is 1.00 bits per heavy atom. The minimum absolute atomic E-state index is 0.0433. The number of rotatable bonds is 4. The predicted molar refractivity (Wildman–Crippen MR) is 101 cm³/mol. The summed E-state index contributed by atoms with van der Waals surface area (Å²) in [6, 6.07) is 14.2. The molecule has 1 fully saturated rings. The van der Waals surface area contributed by atoms with E-state index >= 15 is 0 Å². The molecule has 0 unspecified atom stereocenters. The standard InChI is InChI=1S/C19H19NO7Se/c21-9-13-15(22)16(23)17(24)19(27-13)26-11-7-5-10(6-8-11)20-18(25)12-3-1-2-4-14(12)28-20/h1-8,13,15-17,19,21-24H,9H2/t13-,15-,16+,17-,19-/m1/s1. The zero-order valence-corrected chi connectivity index (χ0v) is 16.3. The maximum absolute atomic E-state index is 12.6. The number of benzene rings is 2. The number of aliphatic hydroxyl groups excluding tert-OH is 4. The van der Waals surface area contributed by atoms with Crippen LogP contribution in [-0.2, 0) is 4.74 Å². The summed E-state index contributed by atoms with van der Waals surface area (Å²) < 4.78 is 13.6. The molecular formula is C19H19NO7Se. The molecule has 3 aromatic rings. The Balaban J connectivity index is 1.55. The van der Waals surface area contributed by atoms with Gasteiger partial charge >= 0.3 is 165 Å². The summed E-state index contributed by atoms with van der Waals surface area (Å²) in [6.07, 6.45) is -6.70. The van der Waals surface area contributed by atoms with Gasteiger partial charge in [-0.3, -0.25) is 0 Å². The van der Waals surface area contributed by atoms with E-state index in [1.807, 2.05) is 24.3 Å². The molecule has 8 nitrogen and oxygen atoms in total. The van der Waals surface area contributed by atoms with E-state index in [4.69, 9.17) is 9.47 Å². The summed E-state index contributed by atoms with van der Waals surface area (Å²) in [5, 5.41) is 39.6. The number of aromatic nitrogens is 1. The zero-order chi connectivity index (χ0) is 19.8. The van der Waals surface area contributed by atoms with Gasteiger partial charge in [-0.1, -0.05) is 0 Å². The van der Waals surface area contributed by atoms with Crippen LogP contribution in [0.2, 0.25) is 0 Å². The van der Waals surface area contributed by atoms with Crippen molar-refractivity contribution < 1.29 is 29.9 Å². The van der Waals surface area contributed by atoms with E-state index in [0.29, 0.717) is 11.1 Å². The van der Waals surface area contributed by atoms with Gasteiger partial charge in [-0.05, 0) is 0 Å². The van der Waals surface area contributed by atoms with Gasteiger partial charge in [0.05, 0.1) is 0 Å². The van der Waals surface area contributed by atoms with E-state index in [0.717, 1.165) is 9.95 Å². The van der Waals surface area contributed by atoms with Crippen molar-refractivity contribution in [1.29, 1.82) is 0 Å². The van der Waals surface area contributed by atoms with Gasteiger partial charge in [0.25, 0.3) is 0 Å². The number of fused-ring (bicyclic) bond motifs is 1. The molecule has 4 N–H and O–H groups in total. The van der Waals surface area contributed by atoms with Crippen LogP contribution in [0.1, 0.15) is 0 Å². The van der Waals surface area contributed by atoms with Crippen molar-refractivity contribution in [1.82, 2.24) is 3.56 Å². The third-order valence-corrected chi connectivity index (χ3v) is 7.00. The number of ether oxygens (including phenoxy) is 2. The Morgan fingerprint density at radius 3 is 2.39 bits per heavy atom. The Hall–Kier alpha value is -1.97. The van der Waals surface area contributed by atoms with Gasteiger partial charge in [-0.15, -0.1) is 0 Å². The fourth-order valence-electron chi connectivity index (χ4n) is 3.10. The van der Waals surface area contributed by atoms with Crippen LogP contribution in [0, 0.1) is 0 Å². The number of nitrogens with zero attached hydrogens (tertiary/aromatic N) is 1. The first kappa shape index (κ1) is 19.4. The summed E-state index contributed by atoms with van der Waals surface area (Å²) in [7, 11) is 0. The van der Waals surface area contributed by atoms with Gasteiger partial charge in [0.2, 0.25) is 0 Å². The van der Waals surface area contributed by atoms with Crippen LogP contribution in [-0.4, -0.2) is 76.0 Å². The van der Waals surface area contributed by atoms with Crippen LogP contribution in [0.5, 0.6) is 5.75 Å². The zero-order valence-electron chi connectivity index (χ0n) is 14.6. The van der Waals surface area contributed by atoms with E-state index in [2.05, 4.69) is 0 Å². The fourth-order valence-corrected chi connectivity index (χ4v) is 5.20. The van der Waals surface area contributed by atoms with Gasteiger partial charge in [0.15, 0.2) is 0 Å². The molecular weight excluding hydrogens is 433 g/mol. The number of aliphatic hydroxyl groups is 4. The molecule has 1 aliphatic rings. The summed E-state index contributed by atoms with van der Waals surface area (Å²) in [6.45, 7) is -0.524. The Bertz CT molecular complexity index is 1010. The number of hydrogen-bond donors (Lipinski definition) is 4. The molecule has 2 heterocycles. The van der Waals surface area contributed by atoms with Crippen molar-refractivity contribution in [2.75, 3.05) is 6.61 Å². The molecule has 0 bridgehead atoms. The predicted octanol–water partition coefficient (Wildman–Crippen LogP) is -0.774. The summed E-state index contributed by atoms with van der Waals surface area (Å²) >= 11 is -0.146. The van der Waals surface area contributed by atoms with Crippen LogP contribution >= 0.6 is 0 Å². The van der Waals surface area contributed by atoms with Gasteiger partial charge in [0.1, 0.15) is 0 Å². The molecule has 0 spiro atoms. The molecule has 0 radical (unpaired) electrons. The fraction of sp³-hybridized carbons (Fsp3) is 0.316. The molecule has 2 aromatic carbocycles. The Morgan fingerprint density at radius 2 is 1.71 bits per heavy atom.